The molecule has 3 N–H and O–H groups in total. The number of carbonyl (C=O) groups excluding carboxylic acids is 1. The van der Waals surface area contributed by atoms with Gasteiger partial charge in [0.05, 0.1) is 6.04 Å². The Labute approximate surface area is 142 Å². The summed E-state index contributed by atoms with van der Waals surface area (Å²) in [5, 5.41) is 13.2. The fourth-order valence-corrected chi connectivity index (χ4v) is 3.04. The maximum absolute atomic E-state index is 12.1. The summed E-state index contributed by atoms with van der Waals surface area (Å²) in [6, 6.07) is 7.99. The van der Waals surface area contributed by atoms with Gasteiger partial charge in [-0.3, -0.25) is 5.10 Å². The van der Waals surface area contributed by atoms with Crippen molar-refractivity contribution in [3.8, 4) is 11.4 Å². The van der Waals surface area contributed by atoms with E-state index in [1.54, 1.807) is 0 Å². The van der Waals surface area contributed by atoms with Crippen LogP contribution >= 0.6 is 0 Å². The Balaban J connectivity index is 1.57. The van der Waals surface area contributed by atoms with E-state index in [2.05, 4.69) is 25.8 Å². The van der Waals surface area contributed by atoms with Gasteiger partial charge in [0, 0.05) is 11.6 Å². The molecular formula is C18H25N5O. The van der Waals surface area contributed by atoms with Crippen molar-refractivity contribution in [2.75, 3.05) is 0 Å². The van der Waals surface area contributed by atoms with Gasteiger partial charge in [-0.1, -0.05) is 49.1 Å². The number of aryl methyl sites for hydroxylation is 1. The van der Waals surface area contributed by atoms with Crippen LogP contribution in [0.1, 0.15) is 56.5 Å². The molecule has 1 heterocycles. The van der Waals surface area contributed by atoms with Crippen LogP contribution in [0.2, 0.25) is 0 Å². The average Bonchev–Trinajstić information content (AvgIpc) is 3.06. The van der Waals surface area contributed by atoms with E-state index < -0.39 is 0 Å². The molecule has 0 aliphatic heterocycles. The predicted molar refractivity (Wildman–Crippen MR) is 93.5 cm³/mol. The SMILES string of the molecule is Cc1ccc(-c2n[nH]c(C(C)NC(=O)NC3CCCCC3)n2)cc1. The molecule has 0 saturated heterocycles. The number of hydrogen-bond acceptors (Lipinski definition) is 3. The Bertz CT molecular complexity index is 673. The molecule has 1 aromatic heterocycles. The van der Waals surface area contributed by atoms with Crippen LogP contribution in [0, 0.1) is 6.92 Å². The molecule has 0 radical (unpaired) electrons. The third kappa shape index (κ3) is 4.13. The second-order valence-electron chi connectivity index (χ2n) is 6.58. The first kappa shape index (κ1) is 16.5. The number of nitrogens with zero attached hydrogens (tertiary/aromatic N) is 2. The summed E-state index contributed by atoms with van der Waals surface area (Å²) in [5.41, 5.74) is 2.16. The van der Waals surface area contributed by atoms with E-state index in [0.29, 0.717) is 17.7 Å². The zero-order chi connectivity index (χ0) is 16.9. The predicted octanol–water partition coefficient (Wildman–Crippen LogP) is 3.47. The first-order chi connectivity index (χ1) is 11.6. The fraction of sp³-hybridized carbons (Fsp3) is 0.500. The van der Waals surface area contributed by atoms with Gasteiger partial charge in [-0.2, -0.15) is 5.10 Å². The zero-order valence-corrected chi connectivity index (χ0v) is 14.3. The number of carbonyl (C=O) groups is 1. The lowest BCUT2D eigenvalue weighted by Gasteiger charge is -2.23. The van der Waals surface area contributed by atoms with E-state index in [1.165, 1.54) is 24.8 Å². The van der Waals surface area contributed by atoms with Gasteiger partial charge in [-0.25, -0.2) is 9.78 Å². The third-order valence-electron chi connectivity index (χ3n) is 4.51. The van der Waals surface area contributed by atoms with Crippen LogP contribution in [-0.4, -0.2) is 27.3 Å². The minimum absolute atomic E-state index is 0.136. The quantitative estimate of drug-likeness (QED) is 0.804. The monoisotopic (exact) mass is 327 g/mol. The lowest BCUT2D eigenvalue weighted by atomic mass is 9.96. The van der Waals surface area contributed by atoms with E-state index in [4.69, 9.17) is 0 Å². The van der Waals surface area contributed by atoms with Crippen molar-refractivity contribution in [1.29, 1.82) is 0 Å². The highest BCUT2D eigenvalue weighted by Crippen LogP contribution is 2.19. The topological polar surface area (TPSA) is 82.7 Å². The van der Waals surface area contributed by atoms with Gasteiger partial charge in [0.2, 0.25) is 0 Å². The number of nitrogens with one attached hydrogen (secondary N) is 3. The van der Waals surface area contributed by atoms with Gasteiger partial charge in [-0.15, -0.1) is 0 Å². The number of hydrogen-bond donors (Lipinski definition) is 3. The fourth-order valence-electron chi connectivity index (χ4n) is 3.04. The van der Waals surface area contributed by atoms with Crippen LogP contribution < -0.4 is 10.6 Å². The van der Waals surface area contributed by atoms with Crippen molar-refractivity contribution < 1.29 is 4.79 Å². The molecule has 1 saturated carbocycles. The summed E-state index contributed by atoms with van der Waals surface area (Å²) < 4.78 is 0. The summed E-state index contributed by atoms with van der Waals surface area (Å²) in [6.45, 7) is 3.95. The summed E-state index contributed by atoms with van der Waals surface area (Å²) in [5.74, 6) is 1.30. The van der Waals surface area contributed by atoms with Crippen molar-refractivity contribution in [1.82, 2.24) is 25.8 Å². The van der Waals surface area contributed by atoms with Crippen molar-refractivity contribution >= 4 is 6.03 Å². The standard InChI is InChI=1S/C18H25N5O/c1-12-8-10-14(11-9-12)17-21-16(22-23-17)13(2)19-18(24)20-15-6-4-3-5-7-15/h8-11,13,15H,3-7H2,1-2H3,(H2,19,20,24)(H,21,22,23). The zero-order valence-electron chi connectivity index (χ0n) is 14.3. The molecule has 128 valence electrons. The van der Waals surface area contributed by atoms with Gasteiger partial charge < -0.3 is 10.6 Å². The molecule has 1 aliphatic carbocycles. The number of urea groups is 1. The Kier molecular flexibility index (Phi) is 5.13. The van der Waals surface area contributed by atoms with E-state index in [0.717, 1.165) is 18.4 Å². The summed E-state index contributed by atoms with van der Waals surface area (Å²) in [6.07, 6.45) is 5.81. The highest BCUT2D eigenvalue weighted by molar-refractivity contribution is 5.74. The molecule has 1 unspecified atom stereocenters. The molecule has 1 fully saturated rings. The second kappa shape index (κ2) is 7.47. The normalized spacial score (nSPS) is 16.6. The van der Waals surface area contributed by atoms with Crippen LogP contribution in [-0.2, 0) is 0 Å². The van der Waals surface area contributed by atoms with E-state index in [-0.39, 0.29) is 12.1 Å². The van der Waals surface area contributed by atoms with E-state index in [1.807, 2.05) is 38.1 Å². The lowest BCUT2D eigenvalue weighted by molar-refractivity contribution is 0.229. The maximum atomic E-state index is 12.1. The molecule has 1 atom stereocenters. The van der Waals surface area contributed by atoms with Gasteiger partial charge in [-0.05, 0) is 26.7 Å². The van der Waals surface area contributed by atoms with Crippen LogP contribution in [0.3, 0.4) is 0 Å². The number of rotatable bonds is 4. The van der Waals surface area contributed by atoms with E-state index >= 15 is 0 Å². The molecule has 2 amide bonds. The second-order valence-corrected chi connectivity index (χ2v) is 6.58. The summed E-state index contributed by atoms with van der Waals surface area (Å²) in [4.78, 5) is 16.6. The van der Waals surface area contributed by atoms with Crippen LogP contribution in [0.25, 0.3) is 11.4 Å². The van der Waals surface area contributed by atoms with Crippen molar-refractivity contribution in [2.24, 2.45) is 0 Å². The van der Waals surface area contributed by atoms with Gasteiger partial charge in [0.25, 0.3) is 0 Å². The van der Waals surface area contributed by atoms with Crippen molar-refractivity contribution in [3.63, 3.8) is 0 Å². The summed E-state index contributed by atoms with van der Waals surface area (Å²) >= 11 is 0. The molecular weight excluding hydrogens is 302 g/mol. The maximum Gasteiger partial charge on any atom is 0.315 e. The number of aromatic nitrogens is 3. The van der Waals surface area contributed by atoms with Crippen LogP contribution in [0.4, 0.5) is 4.79 Å². The van der Waals surface area contributed by atoms with Crippen molar-refractivity contribution in [3.05, 3.63) is 35.7 Å². The first-order valence-electron chi connectivity index (χ1n) is 8.68. The lowest BCUT2D eigenvalue weighted by Crippen LogP contribution is -2.43. The molecule has 6 heteroatoms. The molecule has 0 bridgehead atoms. The molecule has 0 spiro atoms. The molecule has 3 rings (SSSR count). The minimum Gasteiger partial charge on any atom is -0.335 e. The molecule has 24 heavy (non-hydrogen) atoms. The average molecular weight is 327 g/mol. The number of H-pyrrole nitrogens is 1. The Morgan fingerprint density at radius 2 is 1.92 bits per heavy atom. The molecule has 2 aromatic rings. The Hall–Kier alpha value is -2.37. The minimum atomic E-state index is -0.222. The summed E-state index contributed by atoms with van der Waals surface area (Å²) in [7, 11) is 0. The number of aromatic amines is 1. The van der Waals surface area contributed by atoms with Crippen LogP contribution in [0.5, 0.6) is 0 Å². The van der Waals surface area contributed by atoms with Crippen LogP contribution in [0.15, 0.2) is 24.3 Å². The Morgan fingerprint density at radius 1 is 1.21 bits per heavy atom. The molecule has 1 aliphatic rings. The Morgan fingerprint density at radius 3 is 2.62 bits per heavy atom. The highest BCUT2D eigenvalue weighted by atomic mass is 16.2. The van der Waals surface area contributed by atoms with E-state index in [9.17, 15) is 4.79 Å². The smallest absolute Gasteiger partial charge is 0.315 e. The molecule has 1 aromatic carbocycles. The third-order valence-corrected chi connectivity index (χ3v) is 4.51. The number of benzene rings is 1. The van der Waals surface area contributed by atoms with Crippen molar-refractivity contribution in [2.45, 2.75) is 58.0 Å². The largest absolute Gasteiger partial charge is 0.335 e. The van der Waals surface area contributed by atoms with Gasteiger partial charge in [0.15, 0.2) is 5.82 Å². The molecule has 6 nitrogen and oxygen atoms in total. The highest BCUT2D eigenvalue weighted by Gasteiger charge is 2.18. The van der Waals surface area contributed by atoms with Gasteiger partial charge >= 0.3 is 6.03 Å². The first-order valence-corrected chi connectivity index (χ1v) is 8.68. The van der Waals surface area contributed by atoms with Gasteiger partial charge in [0.1, 0.15) is 5.82 Å². The number of amides is 2.